The molecule has 2 nitrogen and oxygen atoms in total. The summed E-state index contributed by atoms with van der Waals surface area (Å²) in [5.74, 6) is -0.187. The largest absolute Gasteiger partial charge is 0.344 e. The first-order valence-corrected chi connectivity index (χ1v) is 6.87. The van der Waals surface area contributed by atoms with Crippen LogP contribution in [-0.4, -0.2) is 4.57 Å². The summed E-state index contributed by atoms with van der Waals surface area (Å²) < 4.78 is 15.3. The van der Waals surface area contributed by atoms with Gasteiger partial charge in [0, 0.05) is 17.9 Å². The number of nitrogens with zero attached hydrogens (tertiary/aromatic N) is 1. The summed E-state index contributed by atoms with van der Waals surface area (Å²) in [5, 5.41) is 0. The molecule has 0 radical (unpaired) electrons. The SMILES string of the molecule is CC(c1ccc(F)cc1)n1ccc2c1CCCC2N. The molecular formula is C16H19FN2. The monoisotopic (exact) mass is 258 g/mol. The third-order valence-electron chi connectivity index (χ3n) is 4.16. The molecule has 0 amide bonds. The topological polar surface area (TPSA) is 30.9 Å². The average Bonchev–Trinajstić information content (AvgIpc) is 2.84. The van der Waals surface area contributed by atoms with Gasteiger partial charge in [-0.15, -0.1) is 0 Å². The van der Waals surface area contributed by atoms with Gasteiger partial charge in [0.05, 0.1) is 6.04 Å². The van der Waals surface area contributed by atoms with Gasteiger partial charge in [-0.25, -0.2) is 4.39 Å². The van der Waals surface area contributed by atoms with Crippen LogP contribution in [0.15, 0.2) is 36.5 Å². The van der Waals surface area contributed by atoms with Crippen LogP contribution in [0.4, 0.5) is 4.39 Å². The Balaban J connectivity index is 1.96. The molecule has 19 heavy (non-hydrogen) atoms. The Morgan fingerprint density at radius 1 is 1.26 bits per heavy atom. The van der Waals surface area contributed by atoms with E-state index in [1.165, 1.54) is 23.4 Å². The van der Waals surface area contributed by atoms with Gasteiger partial charge in [-0.3, -0.25) is 0 Å². The lowest BCUT2D eigenvalue weighted by Gasteiger charge is -2.24. The van der Waals surface area contributed by atoms with E-state index in [2.05, 4.69) is 23.8 Å². The van der Waals surface area contributed by atoms with Crippen LogP contribution in [0, 0.1) is 5.82 Å². The minimum atomic E-state index is -0.187. The van der Waals surface area contributed by atoms with E-state index in [9.17, 15) is 4.39 Å². The molecule has 100 valence electrons. The predicted octanol–water partition coefficient (Wildman–Crippen LogP) is 3.57. The Hall–Kier alpha value is -1.61. The van der Waals surface area contributed by atoms with Crippen molar-refractivity contribution in [3.63, 3.8) is 0 Å². The molecule has 1 aliphatic rings. The Labute approximate surface area is 113 Å². The van der Waals surface area contributed by atoms with Crippen molar-refractivity contribution in [1.29, 1.82) is 0 Å². The molecular weight excluding hydrogens is 239 g/mol. The van der Waals surface area contributed by atoms with Crippen LogP contribution in [-0.2, 0) is 6.42 Å². The minimum Gasteiger partial charge on any atom is -0.344 e. The third kappa shape index (κ3) is 2.19. The predicted molar refractivity (Wildman–Crippen MR) is 74.5 cm³/mol. The second kappa shape index (κ2) is 4.82. The Bertz CT molecular complexity index is 571. The average molecular weight is 258 g/mol. The van der Waals surface area contributed by atoms with Gasteiger partial charge in [-0.2, -0.15) is 0 Å². The van der Waals surface area contributed by atoms with Crippen LogP contribution >= 0.6 is 0 Å². The molecule has 2 atom stereocenters. The zero-order chi connectivity index (χ0) is 13.4. The van der Waals surface area contributed by atoms with Crippen molar-refractivity contribution >= 4 is 0 Å². The number of rotatable bonds is 2. The summed E-state index contributed by atoms with van der Waals surface area (Å²) in [7, 11) is 0. The number of hydrogen-bond donors (Lipinski definition) is 1. The highest BCUT2D eigenvalue weighted by Gasteiger charge is 2.22. The van der Waals surface area contributed by atoms with Gasteiger partial charge < -0.3 is 10.3 Å². The molecule has 0 bridgehead atoms. The van der Waals surface area contributed by atoms with Crippen LogP contribution in [0.25, 0.3) is 0 Å². The standard InChI is InChI=1S/C16H19FN2/c1-11(12-5-7-13(17)8-6-12)19-10-9-14-15(18)3-2-4-16(14)19/h5-11,15H,2-4,18H2,1H3. The van der Waals surface area contributed by atoms with Gasteiger partial charge in [0.1, 0.15) is 5.82 Å². The fourth-order valence-corrected chi connectivity index (χ4v) is 3.02. The van der Waals surface area contributed by atoms with E-state index in [0.29, 0.717) is 0 Å². The molecule has 3 rings (SSSR count). The van der Waals surface area contributed by atoms with E-state index < -0.39 is 0 Å². The lowest BCUT2D eigenvalue weighted by atomic mass is 9.93. The molecule has 3 heteroatoms. The van der Waals surface area contributed by atoms with Gasteiger partial charge >= 0.3 is 0 Å². The number of benzene rings is 1. The molecule has 0 spiro atoms. The smallest absolute Gasteiger partial charge is 0.123 e. The summed E-state index contributed by atoms with van der Waals surface area (Å²) in [6.45, 7) is 2.15. The quantitative estimate of drug-likeness (QED) is 0.877. The van der Waals surface area contributed by atoms with E-state index in [0.717, 1.165) is 24.8 Å². The first-order valence-electron chi connectivity index (χ1n) is 6.87. The van der Waals surface area contributed by atoms with Crippen LogP contribution in [0.5, 0.6) is 0 Å². The first-order chi connectivity index (χ1) is 9.16. The lowest BCUT2D eigenvalue weighted by Crippen LogP contribution is -2.19. The second-order valence-electron chi connectivity index (χ2n) is 5.35. The second-order valence-corrected chi connectivity index (χ2v) is 5.35. The highest BCUT2D eigenvalue weighted by atomic mass is 19.1. The fourth-order valence-electron chi connectivity index (χ4n) is 3.02. The van der Waals surface area contributed by atoms with Gasteiger partial charge in [0.15, 0.2) is 0 Å². The molecule has 0 saturated carbocycles. The fraction of sp³-hybridized carbons (Fsp3) is 0.375. The molecule has 1 aliphatic carbocycles. The summed E-state index contributed by atoms with van der Waals surface area (Å²) in [5.41, 5.74) is 9.90. The summed E-state index contributed by atoms with van der Waals surface area (Å²) in [4.78, 5) is 0. The van der Waals surface area contributed by atoms with Gasteiger partial charge in [0.25, 0.3) is 0 Å². The molecule has 1 aromatic heterocycles. The van der Waals surface area contributed by atoms with E-state index in [1.54, 1.807) is 0 Å². The summed E-state index contributed by atoms with van der Waals surface area (Å²) in [6.07, 6.45) is 5.42. The highest BCUT2D eigenvalue weighted by molar-refractivity contribution is 5.31. The number of hydrogen-bond acceptors (Lipinski definition) is 1. The molecule has 1 heterocycles. The van der Waals surface area contributed by atoms with E-state index >= 15 is 0 Å². The van der Waals surface area contributed by atoms with Crippen molar-refractivity contribution in [1.82, 2.24) is 4.57 Å². The molecule has 2 aromatic rings. The van der Waals surface area contributed by atoms with Crippen molar-refractivity contribution in [3.05, 3.63) is 59.2 Å². The van der Waals surface area contributed by atoms with Crippen LogP contribution in [0.3, 0.4) is 0 Å². The molecule has 2 N–H and O–H groups in total. The summed E-state index contributed by atoms with van der Waals surface area (Å²) >= 11 is 0. The van der Waals surface area contributed by atoms with Crippen molar-refractivity contribution in [2.24, 2.45) is 5.73 Å². The van der Waals surface area contributed by atoms with Gasteiger partial charge in [-0.1, -0.05) is 12.1 Å². The normalized spacial score (nSPS) is 20.1. The maximum Gasteiger partial charge on any atom is 0.123 e. The van der Waals surface area contributed by atoms with E-state index in [1.807, 2.05) is 12.1 Å². The number of halogens is 1. The minimum absolute atomic E-state index is 0.172. The van der Waals surface area contributed by atoms with Gasteiger partial charge in [0.2, 0.25) is 0 Å². The Kier molecular flexibility index (Phi) is 3.15. The van der Waals surface area contributed by atoms with Crippen LogP contribution < -0.4 is 5.73 Å². The molecule has 2 unspecified atom stereocenters. The Morgan fingerprint density at radius 3 is 2.74 bits per heavy atom. The van der Waals surface area contributed by atoms with Crippen LogP contribution in [0.2, 0.25) is 0 Å². The molecule has 1 aromatic carbocycles. The Morgan fingerprint density at radius 2 is 2.00 bits per heavy atom. The lowest BCUT2D eigenvalue weighted by molar-refractivity contribution is 0.525. The zero-order valence-electron chi connectivity index (χ0n) is 11.1. The van der Waals surface area contributed by atoms with Gasteiger partial charge in [-0.05, 0) is 55.5 Å². The number of aromatic nitrogens is 1. The van der Waals surface area contributed by atoms with Crippen molar-refractivity contribution in [3.8, 4) is 0 Å². The number of fused-ring (bicyclic) bond motifs is 1. The van der Waals surface area contributed by atoms with E-state index in [-0.39, 0.29) is 17.9 Å². The molecule has 0 saturated heterocycles. The first kappa shape index (κ1) is 12.4. The molecule has 0 fully saturated rings. The zero-order valence-corrected chi connectivity index (χ0v) is 11.1. The summed E-state index contributed by atoms with van der Waals surface area (Å²) in [6, 6.07) is 9.28. The van der Waals surface area contributed by atoms with Crippen molar-refractivity contribution in [2.45, 2.75) is 38.3 Å². The third-order valence-corrected chi connectivity index (χ3v) is 4.16. The highest BCUT2D eigenvalue weighted by Crippen LogP contribution is 2.32. The van der Waals surface area contributed by atoms with Crippen LogP contribution in [0.1, 0.15) is 48.7 Å². The molecule has 0 aliphatic heterocycles. The maximum absolute atomic E-state index is 13.0. The van der Waals surface area contributed by atoms with E-state index in [4.69, 9.17) is 5.73 Å². The van der Waals surface area contributed by atoms with Crippen molar-refractivity contribution in [2.75, 3.05) is 0 Å². The maximum atomic E-state index is 13.0. The number of nitrogens with two attached hydrogens (primary N) is 1. The van der Waals surface area contributed by atoms with Crippen molar-refractivity contribution < 1.29 is 4.39 Å².